The first-order valence-corrected chi connectivity index (χ1v) is 9.88. The molecule has 0 spiro atoms. The highest BCUT2D eigenvalue weighted by molar-refractivity contribution is 7.92. The van der Waals surface area contributed by atoms with E-state index < -0.39 is 27.4 Å². The lowest BCUT2D eigenvalue weighted by atomic mass is 10.0. The van der Waals surface area contributed by atoms with E-state index in [2.05, 4.69) is 14.7 Å². The summed E-state index contributed by atoms with van der Waals surface area (Å²) in [5.74, 6) is -1.99. The summed E-state index contributed by atoms with van der Waals surface area (Å²) in [7, 11) is -4.04. The van der Waals surface area contributed by atoms with Gasteiger partial charge in [0.15, 0.2) is 5.78 Å². The molecule has 0 saturated heterocycles. The number of carbonyl (C=O) groups is 1. The Bertz CT molecular complexity index is 1330. The number of carbonyl (C=O) groups excluding carboxylic acids is 1. The standard InChI is InChI=1S/C20H13F2N3O3S/c21-12-3-6-14(7-4-12)29(27,28)25-13-5-8-18(22)16(10-13)19(26)17-11-24-20-15(17)2-1-9-23-20/h1-11,25H,(H,23,24). The molecular weight excluding hydrogens is 400 g/mol. The smallest absolute Gasteiger partial charge is 0.261 e. The van der Waals surface area contributed by atoms with Gasteiger partial charge in [-0.1, -0.05) is 0 Å². The van der Waals surface area contributed by atoms with Gasteiger partial charge in [0, 0.05) is 29.0 Å². The molecule has 0 radical (unpaired) electrons. The number of fused-ring (bicyclic) bond motifs is 1. The molecule has 4 rings (SSSR count). The number of ketones is 1. The first-order chi connectivity index (χ1) is 13.8. The van der Waals surface area contributed by atoms with Gasteiger partial charge in [0.1, 0.15) is 17.3 Å². The van der Waals surface area contributed by atoms with Crippen LogP contribution in [0.3, 0.4) is 0 Å². The zero-order valence-electron chi connectivity index (χ0n) is 14.7. The van der Waals surface area contributed by atoms with Gasteiger partial charge in [-0.15, -0.1) is 0 Å². The molecule has 0 saturated carbocycles. The molecule has 0 atom stereocenters. The van der Waals surface area contributed by atoms with E-state index in [-0.39, 0.29) is 21.7 Å². The number of rotatable bonds is 5. The van der Waals surface area contributed by atoms with Crippen molar-refractivity contribution in [1.82, 2.24) is 9.97 Å². The van der Waals surface area contributed by atoms with Crippen LogP contribution in [0.5, 0.6) is 0 Å². The number of halogens is 2. The maximum atomic E-state index is 14.3. The highest BCUT2D eigenvalue weighted by Crippen LogP contribution is 2.24. The zero-order valence-corrected chi connectivity index (χ0v) is 15.5. The van der Waals surface area contributed by atoms with Crippen LogP contribution in [-0.2, 0) is 10.0 Å². The van der Waals surface area contributed by atoms with Crippen LogP contribution < -0.4 is 4.72 Å². The first-order valence-electron chi connectivity index (χ1n) is 8.40. The van der Waals surface area contributed by atoms with Crippen LogP contribution in [-0.4, -0.2) is 24.2 Å². The molecule has 6 nitrogen and oxygen atoms in total. The average molecular weight is 413 g/mol. The third-order valence-corrected chi connectivity index (χ3v) is 5.68. The highest BCUT2D eigenvalue weighted by atomic mass is 32.2. The Kier molecular flexibility index (Phi) is 4.59. The van der Waals surface area contributed by atoms with Gasteiger partial charge in [0.2, 0.25) is 0 Å². The molecule has 146 valence electrons. The van der Waals surface area contributed by atoms with Crippen molar-refractivity contribution in [3.05, 3.63) is 89.8 Å². The van der Waals surface area contributed by atoms with Crippen molar-refractivity contribution in [3.8, 4) is 0 Å². The minimum Gasteiger partial charge on any atom is -0.345 e. The second-order valence-corrected chi connectivity index (χ2v) is 7.87. The third kappa shape index (κ3) is 3.59. The zero-order chi connectivity index (χ0) is 20.6. The van der Waals surface area contributed by atoms with Crippen molar-refractivity contribution in [2.45, 2.75) is 4.90 Å². The average Bonchev–Trinajstić information content (AvgIpc) is 3.13. The summed E-state index contributed by atoms with van der Waals surface area (Å²) in [6.07, 6.45) is 2.98. The maximum absolute atomic E-state index is 14.3. The maximum Gasteiger partial charge on any atom is 0.261 e. The lowest BCUT2D eigenvalue weighted by Crippen LogP contribution is -2.14. The van der Waals surface area contributed by atoms with Gasteiger partial charge in [-0.25, -0.2) is 22.2 Å². The Morgan fingerprint density at radius 1 is 1.00 bits per heavy atom. The number of H-pyrrole nitrogens is 1. The van der Waals surface area contributed by atoms with Crippen molar-refractivity contribution < 1.29 is 22.0 Å². The summed E-state index contributed by atoms with van der Waals surface area (Å²) in [5.41, 5.74) is 0.390. The second-order valence-electron chi connectivity index (χ2n) is 6.19. The fourth-order valence-corrected chi connectivity index (χ4v) is 3.93. The fourth-order valence-electron chi connectivity index (χ4n) is 2.88. The lowest BCUT2D eigenvalue weighted by molar-refractivity contribution is 0.103. The van der Waals surface area contributed by atoms with Crippen molar-refractivity contribution in [1.29, 1.82) is 0 Å². The van der Waals surface area contributed by atoms with Crippen LogP contribution >= 0.6 is 0 Å². The Morgan fingerprint density at radius 2 is 1.76 bits per heavy atom. The second kappa shape index (κ2) is 7.10. The molecule has 2 N–H and O–H groups in total. The van der Waals surface area contributed by atoms with Crippen molar-refractivity contribution >= 4 is 32.5 Å². The Morgan fingerprint density at radius 3 is 2.52 bits per heavy atom. The molecule has 4 aromatic rings. The normalized spacial score (nSPS) is 11.5. The summed E-state index contributed by atoms with van der Waals surface area (Å²) >= 11 is 0. The van der Waals surface area contributed by atoms with Crippen LogP contribution in [0.1, 0.15) is 15.9 Å². The molecule has 0 aliphatic carbocycles. The van der Waals surface area contributed by atoms with Crippen molar-refractivity contribution in [3.63, 3.8) is 0 Å². The number of aromatic amines is 1. The number of hydrogen-bond donors (Lipinski definition) is 2. The van der Waals surface area contributed by atoms with Crippen LogP contribution in [0.4, 0.5) is 14.5 Å². The van der Waals surface area contributed by atoms with E-state index >= 15 is 0 Å². The van der Waals surface area contributed by atoms with E-state index in [0.717, 1.165) is 36.4 Å². The molecule has 0 fully saturated rings. The molecule has 0 unspecified atom stereocenters. The van der Waals surface area contributed by atoms with Gasteiger partial charge in [0.05, 0.1) is 10.5 Å². The third-order valence-electron chi connectivity index (χ3n) is 4.28. The highest BCUT2D eigenvalue weighted by Gasteiger charge is 2.20. The van der Waals surface area contributed by atoms with E-state index in [1.54, 1.807) is 18.3 Å². The number of nitrogens with one attached hydrogen (secondary N) is 2. The van der Waals surface area contributed by atoms with Gasteiger partial charge in [-0.05, 0) is 54.6 Å². The largest absolute Gasteiger partial charge is 0.345 e. The van der Waals surface area contributed by atoms with Crippen LogP contribution in [0.25, 0.3) is 11.0 Å². The first kappa shape index (κ1) is 18.8. The summed E-state index contributed by atoms with van der Waals surface area (Å²) in [6, 6.07) is 10.9. The summed E-state index contributed by atoms with van der Waals surface area (Å²) in [6.45, 7) is 0. The van der Waals surface area contributed by atoms with Crippen LogP contribution in [0, 0.1) is 11.6 Å². The summed E-state index contributed by atoms with van der Waals surface area (Å²) in [5, 5.41) is 0.522. The molecule has 9 heteroatoms. The number of hydrogen-bond acceptors (Lipinski definition) is 4. The Labute approximate surface area is 164 Å². The van der Waals surface area contributed by atoms with E-state index in [4.69, 9.17) is 0 Å². The predicted molar refractivity (Wildman–Crippen MR) is 103 cm³/mol. The topological polar surface area (TPSA) is 91.9 Å². The molecule has 0 amide bonds. The van der Waals surface area contributed by atoms with Crippen molar-refractivity contribution in [2.75, 3.05) is 4.72 Å². The fraction of sp³-hybridized carbons (Fsp3) is 0. The molecule has 0 aliphatic rings. The van der Waals surface area contributed by atoms with E-state index in [0.29, 0.717) is 11.0 Å². The predicted octanol–water partition coefficient (Wildman–Crippen LogP) is 3.87. The van der Waals surface area contributed by atoms with Gasteiger partial charge in [0.25, 0.3) is 10.0 Å². The Hall–Kier alpha value is -3.59. The molecule has 2 aromatic heterocycles. The van der Waals surface area contributed by atoms with E-state index in [1.807, 2.05) is 0 Å². The minimum atomic E-state index is -4.04. The molecule has 2 heterocycles. The minimum absolute atomic E-state index is 0.00274. The summed E-state index contributed by atoms with van der Waals surface area (Å²) in [4.78, 5) is 19.6. The molecule has 0 aliphatic heterocycles. The molecule has 29 heavy (non-hydrogen) atoms. The lowest BCUT2D eigenvalue weighted by Gasteiger charge is -2.10. The number of benzene rings is 2. The quantitative estimate of drug-likeness (QED) is 0.486. The number of aromatic nitrogens is 2. The molecular formula is C20H13F2N3O3S. The monoisotopic (exact) mass is 413 g/mol. The van der Waals surface area contributed by atoms with Crippen molar-refractivity contribution in [2.24, 2.45) is 0 Å². The SMILES string of the molecule is O=C(c1cc(NS(=O)(=O)c2ccc(F)cc2)ccc1F)c1c[nH]c2ncccc12. The van der Waals surface area contributed by atoms with E-state index in [1.165, 1.54) is 12.3 Å². The number of sulfonamides is 1. The van der Waals surface area contributed by atoms with Gasteiger partial charge in [-0.3, -0.25) is 9.52 Å². The molecule has 0 bridgehead atoms. The van der Waals surface area contributed by atoms with Crippen LogP contribution in [0.2, 0.25) is 0 Å². The molecule has 2 aromatic carbocycles. The number of pyridine rings is 1. The number of nitrogens with zero attached hydrogens (tertiary/aromatic N) is 1. The van der Waals surface area contributed by atoms with Gasteiger partial charge >= 0.3 is 0 Å². The van der Waals surface area contributed by atoms with E-state index in [9.17, 15) is 22.0 Å². The van der Waals surface area contributed by atoms with Gasteiger partial charge in [-0.2, -0.15) is 0 Å². The summed E-state index contributed by atoms with van der Waals surface area (Å²) < 4.78 is 54.6. The van der Waals surface area contributed by atoms with Gasteiger partial charge < -0.3 is 4.98 Å². The van der Waals surface area contributed by atoms with Crippen LogP contribution in [0.15, 0.2) is 71.9 Å². The number of anilines is 1. The Balaban J connectivity index is 1.69.